The quantitative estimate of drug-likeness (QED) is 0.732. The van der Waals surface area contributed by atoms with Crippen molar-refractivity contribution in [2.45, 2.75) is 45.1 Å². The van der Waals surface area contributed by atoms with Gasteiger partial charge in [0.1, 0.15) is 6.10 Å². The van der Waals surface area contributed by atoms with Crippen LogP contribution in [0.1, 0.15) is 44.6 Å². The molecule has 1 saturated carbocycles. The second kappa shape index (κ2) is 3.99. The van der Waals surface area contributed by atoms with Crippen molar-refractivity contribution in [3.8, 4) is 5.88 Å². The molecule has 1 aliphatic carbocycles. The molecule has 1 heterocycles. The van der Waals surface area contributed by atoms with Crippen molar-refractivity contribution in [1.29, 1.82) is 0 Å². The molecule has 14 heavy (non-hydrogen) atoms. The van der Waals surface area contributed by atoms with E-state index < -0.39 is 0 Å². The van der Waals surface area contributed by atoms with Gasteiger partial charge in [-0.1, -0.05) is 19.9 Å². The van der Waals surface area contributed by atoms with Gasteiger partial charge in [-0.2, -0.15) is 0 Å². The molecule has 0 radical (unpaired) electrons. The Balaban J connectivity index is 1.98. The highest BCUT2D eigenvalue weighted by Gasteiger charge is 2.19. The van der Waals surface area contributed by atoms with E-state index in [1.54, 1.807) is 0 Å². The van der Waals surface area contributed by atoms with Gasteiger partial charge in [-0.05, 0) is 30.7 Å². The highest BCUT2D eigenvalue weighted by atomic mass is 16.5. The molecule has 0 aliphatic heterocycles. The minimum absolute atomic E-state index is 0.424. The number of ether oxygens (including phenoxy) is 1. The predicted octanol–water partition coefficient (Wildman–Crippen LogP) is 3.14. The highest BCUT2D eigenvalue weighted by molar-refractivity contribution is 5.20. The molecule has 1 aromatic rings. The van der Waals surface area contributed by atoms with Crippen molar-refractivity contribution < 1.29 is 4.74 Å². The van der Waals surface area contributed by atoms with Crippen LogP contribution in [0.2, 0.25) is 0 Å². The summed E-state index contributed by atoms with van der Waals surface area (Å²) in [5, 5.41) is 0. The smallest absolute Gasteiger partial charge is 0.213 e. The lowest BCUT2D eigenvalue weighted by Gasteiger charge is -2.25. The van der Waals surface area contributed by atoms with E-state index in [1.165, 1.54) is 24.8 Å². The van der Waals surface area contributed by atoms with Crippen LogP contribution in [0.3, 0.4) is 0 Å². The van der Waals surface area contributed by atoms with Crippen LogP contribution >= 0.6 is 0 Å². The summed E-state index contributed by atoms with van der Waals surface area (Å²) in [7, 11) is 0. The minimum atomic E-state index is 0.424. The predicted molar refractivity (Wildman–Crippen MR) is 56.6 cm³/mol. The normalized spacial score (nSPS) is 16.8. The molecule has 2 heteroatoms. The van der Waals surface area contributed by atoms with Gasteiger partial charge in [0.05, 0.1) is 0 Å². The molecule has 0 unspecified atom stereocenters. The number of hydrogen-bond acceptors (Lipinski definition) is 2. The number of rotatable bonds is 3. The second-order valence-corrected chi connectivity index (χ2v) is 4.26. The molecular formula is C12H17NO. The molecule has 0 bridgehead atoms. The first-order valence-corrected chi connectivity index (χ1v) is 5.38. The van der Waals surface area contributed by atoms with Crippen molar-refractivity contribution in [2.24, 2.45) is 0 Å². The van der Waals surface area contributed by atoms with Crippen LogP contribution in [0, 0.1) is 0 Å². The van der Waals surface area contributed by atoms with E-state index in [0.717, 1.165) is 5.88 Å². The third-order valence-corrected chi connectivity index (χ3v) is 2.77. The molecule has 1 aromatic heterocycles. The summed E-state index contributed by atoms with van der Waals surface area (Å²) in [5.41, 5.74) is 1.27. The fourth-order valence-corrected chi connectivity index (χ4v) is 1.46. The first-order chi connectivity index (χ1) is 6.75. The maximum absolute atomic E-state index is 5.67. The van der Waals surface area contributed by atoms with Gasteiger partial charge in [0.25, 0.3) is 0 Å². The van der Waals surface area contributed by atoms with E-state index >= 15 is 0 Å². The van der Waals surface area contributed by atoms with Gasteiger partial charge in [-0.15, -0.1) is 0 Å². The Morgan fingerprint density at radius 1 is 1.36 bits per heavy atom. The zero-order valence-corrected chi connectivity index (χ0v) is 8.86. The Labute approximate surface area is 85.3 Å². The van der Waals surface area contributed by atoms with Crippen molar-refractivity contribution in [1.82, 2.24) is 4.98 Å². The molecule has 0 spiro atoms. The molecule has 0 saturated heterocycles. The number of hydrogen-bond donors (Lipinski definition) is 0. The summed E-state index contributed by atoms with van der Waals surface area (Å²) in [6, 6.07) is 4.08. The van der Waals surface area contributed by atoms with E-state index in [2.05, 4.69) is 24.9 Å². The van der Waals surface area contributed by atoms with Crippen molar-refractivity contribution in [2.75, 3.05) is 0 Å². The van der Waals surface area contributed by atoms with Gasteiger partial charge < -0.3 is 4.74 Å². The largest absolute Gasteiger partial charge is 0.474 e. The molecule has 2 nitrogen and oxygen atoms in total. The van der Waals surface area contributed by atoms with Gasteiger partial charge in [-0.25, -0.2) is 4.98 Å². The van der Waals surface area contributed by atoms with E-state index in [0.29, 0.717) is 12.0 Å². The Morgan fingerprint density at radius 2 is 2.14 bits per heavy atom. The molecule has 0 aromatic carbocycles. The van der Waals surface area contributed by atoms with Gasteiger partial charge in [0.15, 0.2) is 0 Å². The van der Waals surface area contributed by atoms with Crippen LogP contribution in [0.5, 0.6) is 5.88 Å². The zero-order valence-electron chi connectivity index (χ0n) is 8.86. The lowest BCUT2D eigenvalue weighted by atomic mass is 9.96. The molecular weight excluding hydrogens is 174 g/mol. The van der Waals surface area contributed by atoms with Gasteiger partial charge in [-0.3, -0.25) is 0 Å². The van der Waals surface area contributed by atoms with Crippen molar-refractivity contribution in [3.63, 3.8) is 0 Å². The third kappa shape index (κ3) is 2.06. The second-order valence-electron chi connectivity index (χ2n) is 4.26. The summed E-state index contributed by atoms with van der Waals surface area (Å²) in [6.07, 6.45) is 6.02. The van der Waals surface area contributed by atoms with E-state index in [9.17, 15) is 0 Å². The van der Waals surface area contributed by atoms with E-state index in [1.807, 2.05) is 12.3 Å². The summed E-state index contributed by atoms with van der Waals surface area (Å²) < 4.78 is 5.67. The highest BCUT2D eigenvalue weighted by Crippen LogP contribution is 2.24. The monoisotopic (exact) mass is 191 g/mol. The summed E-state index contributed by atoms with van der Waals surface area (Å²) in [4.78, 5) is 4.30. The number of aromatic nitrogens is 1. The number of pyridine rings is 1. The average molecular weight is 191 g/mol. The first-order valence-electron chi connectivity index (χ1n) is 5.38. The van der Waals surface area contributed by atoms with Gasteiger partial charge >= 0.3 is 0 Å². The third-order valence-electron chi connectivity index (χ3n) is 2.77. The van der Waals surface area contributed by atoms with Crippen molar-refractivity contribution >= 4 is 0 Å². The molecule has 2 rings (SSSR count). The fourth-order valence-electron chi connectivity index (χ4n) is 1.46. The maximum atomic E-state index is 5.67. The lowest BCUT2D eigenvalue weighted by Crippen LogP contribution is -2.24. The topological polar surface area (TPSA) is 22.1 Å². The van der Waals surface area contributed by atoms with Crippen LogP contribution < -0.4 is 4.74 Å². The van der Waals surface area contributed by atoms with E-state index in [-0.39, 0.29) is 0 Å². The van der Waals surface area contributed by atoms with E-state index in [4.69, 9.17) is 4.74 Å². The van der Waals surface area contributed by atoms with Crippen LogP contribution in [0.25, 0.3) is 0 Å². The minimum Gasteiger partial charge on any atom is -0.474 e. The average Bonchev–Trinajstić information content (AvgIpc) is 2.12. The van der Waals surface area contributed by atoms with Crippen molar-refractivity contribution in [3.05, 3.63) is 23.9 Å². The Hall–Kier alpha value is -1.05. The summed E-state index contributed by atoms with van der Waals surface area (Å²) >= 11 is 0. The summed E-state index contributed by atoms with van der Waals surface area (Å²) in [6.45, 7) is 4.34. The number of nitrogens with zero attached hydrogens (tertiary/aromatic N) is 1. The first kappa shape index (κ1) is 9.50. The maximum Gasteiger partial charge on any atom is 0.213 e. The SMILES string of the molecule is CC(C)c1ccc(OC2CCC2)nc1. The molecule has 0 amide bonds. The molecule has 76 valence electrons. The van der Waals surface area contributed by atoms with Gasteiger partial charge in [0.2, 0.25) is 5.88 Å². The van der Waals surface area contributed by atoms with Gasteiger partial charge in [0, 0.05) is 12.3 Å². The Morgan fingerprint density at radius 3 is 2.57 bits per heavy atom. The standard InChI is InChI=1S/C12H17NO/c1-9(2)10-6-7-12(13-8-10)14-11-4-3-5-11/h6-9,11H,3-5H2,1-2H3. The lowest BCUT2D eigenvalue weighted by molar-refractivity contribution is 0.114. The Kier molecular flexibility index (Phi) is 2.71. The fraction of sp³-hybridized carbons (Fsp3) is 0.583. The summed E-state index contributed by atoms with van der Waals surface area (Å²) in [5.74, 6) is 1.32. The molecule has 1 fully saturated rings. The molecule has 0 atom stereocenters. The Bertz CT molecular complexity index is 288. The molecule has 0 N–H and O–H groups in total. The van der Waals surface area contributed by atoms with Crippen LogP contribution in [0.4, 0.5) is 0 Å². The van der Waals surface area contributed by atoms with Crippen LogP contribution in [0.15, 0.2) is 18.3 Å². The van der Waals surface area contributed by atoms with Crippen LogP contribution in [-0.4, -0.2) is 11.1 Å². The zero-order chi connectivity index (χ0) is 9.97. The molecule has 1 aliphatic rings. The van der Waals surface area contributed by atoms with Crippen LogP contribution in [-0.2, 0) is 0 Å².